The molecule has 0 aromatic heterocycles. The Kier molecular flexibility index (Phi) is 4.19. The molecule has 1 amide bonds. The summed E-state index contributed by atoms with van der Waals surface area (Å²) in [6, 6.07) is 8.61. The summed E-state index contributed by atoms with van der Waals surface area (Å²) in [5, 5.41) is 3.42. The quantitative estimate of drug-likeness (QED) is 0.854. The maximum atomic E-state index is 12.9. The molecule has 1 fully saturated rings. The first kappa shape index (κ1) is 15.0. The van der Waals surface area contributed by atoms with Crippen LogP contribution in [0.4, 0.5) is 0 Å². The number of nitrogens with zero attached hydrogens (tertiary/aromatic N) is 1. The van der Waals surface area contributed by atoms with Crippen molar-refractivity contribution in [2.24, 2.45) is 0 Å². The third-order valence-electron chi connectivity index (χ3n) is 3.99. The summed E-state index contributed by atoms with van der Waals surface area (Å²) >= 11 is 0. The van der Waals surface area contributed by atoms with Gasteiger partial charge < -0.3 is 10.2 Å². The fourth-order valence-corrected chi connectivity index (χ4v) is 2.78. The minimum atomic E-state index is -0.0187. The van der Waals surface area contributed by atoms with Gasteiger partial charge in [0.25, 0.3) is 5.91 Å². The number of carbonyl (C=O) groups excluding carboxylic acids is 1. The molecule has 2 unspecified atom stereocenters. The van der Waals surface area contributed by atoms with Gasteiger partial charge >= 0.3 is 0 Å². The molecule has 1 saturated heterocycles. The molecule has 0 saturated carbocycles. The Balaban J connectivity index is 2.34. The molecule has 1 aromatic carbocycles. The lowest BCUT2D eigenvalue weighted by atomic mass is 9.83. The number of amides is 1. The molecule has 3 nitrogen and oxygen atoms in total. The zero-order chi connectivity index (χ0) is 14.9. The van der Waals surface area contributed by atoms with E-state index in [2.05, 4.69) is 46.0 Å². The lowest BCUT2D eigenvalue weighted by molar-refractivity contribution is 0.0614. The second-order valence-corrected chi connectivity index (χ2v) is 6.91. The summed E-state index contributed by atoms with van der Waals surface area (Å²) in [6.07, 6.45) is 0. The van der Waals surface area contributed by atoms with Crippen LogP contribution in [0.3, 0.4) is 0 Å². The molecule has 1 aliphatic rings. The van der Waals surface area contributed by atoms with Crippen LogP contribution in [0.2, 0.25) is 0 Å². The number of piperazine rings is 1. The van der Waals surface area contributed by atoms with E-state index in [0.717, 1.165) is 24.2 Å². The Morgan fingerprint density at radius 3 is 2.55 bits per heavy atom. The second-order valence-electron chi connectivity index (χ2n) is 6.91. The van der Waals surface area contributed by atoms with Gasteiger partial charge in [-0.1, -0.05) is 39.0 Å². The number of benzene rings is 1. The highest BCUT2D eigenvalue weighted by molar-refractivity contribution is 5.96. The SMILES string of the molecule is CC1CN(C(=O)c2ccccc2C(C)(C)C)C(C)CN1. The molecule has 1 N–H and O–H groups in total. The molecule has 0 bridgehead atoms. The van der Waals surface area contributed by atoms with Gasteiger partial charge in [0.2, 0.25) is 0 Å². The summed E-state index contributed by atoms with van der Waals surface area (Å²) in [4.78, 5) is 14.9. The van der Waals surface area contributed by atoms with Gasteiger partial charge in [-0.05, 0) is 30.9 Å². The van der Waals surface area contributed by atoms with E-state index in [1.54, 1.807) is 0 Å². The number of rotatable bonds is 1. The highest BCUT2D eigenvalue weighted by atomic mass is 16.2. The Hall–Kier alpha value is -1.35. The van der Waals surface area contributed by atoms with Crippen LogP contribution in [0, 0.1) is 0 Å². The van der Waals surface area contributed by atoms with Gasteiger partial charge in [0.1, 0.15) is 0 Å². The monoisotopic (exact) mass is 274 g/mol. The molecule has 0 radical (unpaired) electrons. The summed E-state index contributed by atoms with van der Waals surface area (Å²) in [7, 11) is 0. The second kappa shape index (κ2) is 5.57. The first-order chi connectivity index (χ1) is 9.30. The summed E-state index contributed by atoms with van der Waals surface area (Å²) in [5.74, 6) is 0.163. The van der Waals surface area contributed by atoms with Crippen LogP contribution in [0.25, 0.3) is 0 Å². The summed E-state index contributed by atoms with van der Waals surface area (Å²) < 4.78 is 0. The van der Waals surface area contributed by atoms with Crippen molar-refractivity contribution >= 4 is 5.91 Å². The number of hydrogen-bond donors (Lipinski definition) is 1. The van der Waals surface area contributed by atoms with Crippen LogP contribution < -0.4 is 5.32 Å². The predicted molar refractivity (Wildman–Crippen MR) is 83.1 cm³/mol. The molecule has 2 atom stereocenters. The van der Waals surface area contributed by atoms with Crippen molar-refractivity contribution in [2.45, 2.75) is 52.1 Å². The Bertz CT molecular complexity index is 490. The van der Waals surface area contributed by atoms with Crippen molar-refractivity contribution in [3.05, 3.63) is 35.4 Å². The molecule has 0 spiro atoms. The average molecular weight is 274 g/mol. The van der Waals surface area contributed by atoms with Crippen LogP contribution in [0.5, 0.6) is 0 Å². The molecule has 3 heteroatoms. The molecule has 2 rings (SSSR count). The number of hydrogen-bond acceptors (Lipinski definition) is 2. The zero-order valence-corrected chi connectivity index (χ0v) is 13.2. The van der Waals surface area contributed by atoms with E-state index in [9.17, 15) is 4.79 Å². The maximum Gasteiger partial charge on any atom is 0.254 e. The number of nitrogens with one attached hydrogen (secondary N) is 1. The van der Waals surface area contributed by atoms with Gasteiger partial charge in [-0.15, -0.1) is 0 Å². The predicted octanol–water partition coefficient (Wildman–Crippen LogP) is 2.81. The van der Waals surface area contributed by atoms with Crippen molar-refractivity contribution in [3.63, 3.8) is 0 Å². The van der Waals surface area contributed by atoms with E-state index in [4.69, 9.17) is 0 Å². The van der Waals surface area contributed by atoms with E-state index < -0.39 is 0 Å². The summed E-state index contributed by atoms with van der Waals surface area (Å²) in [6.45, 7) is 12.3. The van der Waals surface area contributed by atoms with Gasteiger partial charge in [0.15, 0.2) is 0 Å². The highest BCUT2D eigenvalue weighted by Gasteiger charge is 2.30. The molecule has 0 aliphatic carbocycles. The van der Waals surface area contributed by atoms with E-state index in [1.165, 1.54) is 0 Å². The van der Waals surface area contributed by atoms with Crippen molar-refractivity contribution in [2.75, 3.05) is 13.1 Å². The first-order valence-electron chi connectivity index (χ1n) is 7.44. The average Bonchev–Trinajstić information content (AvgIpc) is 2.40. The molecule has 110 valence electrons. The van der Waals surface area contributed by atoms with E-state index in [1.807, 2.05) is 23.1 Å². The van der Waals surface area contributed by atoms with Crippen LogP contribution >= 0.6 is 0 Å². The highest BCUT2D eigenvalue weighted by Crippen LogP contribution is 2.27. The minimum absolute atomic E-state index is 0.0187. The normalized spacial score (nSPS) is 23.8. The third kappa shape index (κ3) is 3.04. The summed E-state index contributed by atoms with van der Waals surface area (Å²) in [5.41, 5.74) is 1.96. The Labute approximate surface area is 122 Å². The first-order valence-corrected chi connectivity index (χ1v) is 7.44. The van der Waals surface area contributed by atoms with E-state index >= 15 is 0 Å². The molecular formula is C17H26N2O. The topological polar surface area (TPSA) is 32.3 Å². The van der Waals surface area contributed by atoms with Gasteiger partial charge in [-0.25, -0.2) is 0 Å². The largest absolute Gasteiger partial charge is 0.333 e. The molecule has 20 heavy (non-hydrogen) atoms. The van der Waals surface area contributed by atoms with Crippen molar-refractivity contribution in [3.8, 4) is 0 Å². The van der Waals surface area contributed by atoms with Gasteiger partial charge in [0.05, 0.1) is 0 Å². The van der Waals surface area contributed by atoms with Crippen LogP contribution in [0.1, 0.15) is 50.5 Å². The zero-order valence-electron chi connectivity index (χ0n) is 13.2. The fourth-order valence-electron chi connectivity index (χ4n) is 2.78. The van der Waals surface area contributed by atoms with E-state index in [-0.39, 0.29) is 17.4 Å². The van der Waals surface area contributed by atoms with Gasteiger partial charge in [-0.2, -0.15) is 0 Å². The lowest BCUT2D eigenvalue weighted by Gasteiger charge is -2.38. The van der Waals surface area contributed by atoms with Crippen molar-refractivity contribution in [1.29, 1.82) is 0 Å². The number of carbonyl (C=O) groups is 1. The van der Waals surface area contributed by atoms with Crippen molar-refractivity contribution in [1.82, 2.24) is 10.2 Å². The molecule has 1 aromatic rings. The lowest BCUT2D eigenvalue weighted by Crippen LogP contribution is -2.56. The standard InChI is InChI=1S/C17H26N2O/c1-12-11-19(13(2)10-18-12)16(20)14-8-6-7-9-15(14)17(3,4)5/h6-9,12-13,18H,10-11H2,1-5H3. The van der Waals surface area contributed by atoms with Crippen LogP contribution in [-0.2, 0) is 5.41 Å². The molecule has 1 heterocycles. The smallest absolute Gasteiger partial charge is 0.254 e. The van der Waals surface area contributed by atoms with Crippen LogP contribution in [-0.4, -0.2) is 36.0 Å². The Morgan fingerprint density at radius 2 is 1.90 bits per heavy atom. The molecule has 1 aliphatic heterocycles. The maximum absolute atomic E-state index is 12.9. The van der Waals surface area contributed by atoms with Gasteiger partial charge in [-0.3, -0.25) is 4.79 Å². The van der Waals surface area contributed by atoms with Gasteiger partial charge in [0, 0.05) is 30.7 Å². The Morgan fingerprint density at radius 1 is 1.25 bits per heavy atom. The molecular weight excluding hydrogens is 248 g/mol. The van der Waals surface area contributed by atoms with E-state index in [0.29, 0.717) is 6.04 Å². The third-order valence-corrected chi connectivity index (χ3v) is 3.99. The minimum Gasteiger partial charge on any atom is -0.333 e. The van der Waals surface area contributed by atoms with Crippen LogP contribution in [0.15, 0.2) is 24.3 Å². The fraction of sp³-hybridized carbons (Fsp3) is 0.588. The van der Waals surface area contributed by atoms with Crippen molar-refractivity contribution < 1.29 is 4.79 Å².